The molecule has 1 N–H and O–H groups in total. The van der Waals surface area contributed by atoms with Gasteiger partial charge < -0.3 is 10.1 Å². The molecule has 0 saturated carbocycles. The molecule has 1 fully saturated rings. The highest BCUT2D eigenvalue weighted by atomic mass is 79.9. The first-order valence-corrected chi connectivity index (χ1v) is 10.6. The standard InChI is InChI=1S/C23H27BrN2O2/c1-16-5-3-4-6-21(16)22(18-7-9-20(24)10-8-18)15-23(25-28)19-11-13-26(14-12-19)17(2)27/h3-10,19,22,28H,11-15H2,1-2H3/b25-23+. The molecule has 148 valence electrons. The normalized spacial score (nSPS) is 16.8. The number of halogens is 1. The molecule has 1 aliphatic heterocycles. The van der Waals surface area contributed by atoms with E-state index in [0.29, 0.717) is 6.42 Å². The largest absolute Gasteiger partial charge is 0.411 e. The van der Waals surface area contributed by atoms with Crippen LogP contribution in [0.5, 0.6) is 0 Å². The Morgan fingerprint density at radius 1 is 1.18 bits per heavy atom. The van der Waals surface area contributed by atoms with Crippen molar-refractivity contribution < 1.29 is 10.0 Å². The molecule has 1 unspecified atom stereocenters. The molecule has 4 nitrogen and oxygen atoms in total. The Morgan fingerprint density at radius 3 is 2.39 bits per heavy atom. The summed E-state index contributed by atoms with van der Waals surface area (Å²) in [4.78, 5) is 13.5. The Hall–Kier alpha value is -2.14. The number of amides is 1. The van der Waals surface area contributed by atoms with E-state index < -0.39 is 0 Å². The number of nitrogens with zero attached hydrogens (tertiary/aromatic N) is 2. The van der Waals surface area contributed by atoms with E-state index in [1.165, 1.54) is 16.7 Å². The first-order valence-electron chi connectivity index (χ1n) is 9.77. The van der Waals surface area contributed by atoms with Crippen molar-refractivity contribution in [1.29, 1.82) is 0 Å². The van der Waals surface area contributed by atoms with Crippen LogP contribution in [0.4, 0.5) is 0 Å². The maximum Gasteiger partial charge on any atom is 0.219 e. The number of piperidine rings is 1. The Labute approximate surface area is 175 Å². The number of benzene rings is 2. The summed E-state index contributed by atoms with van der Waals surface area (Å²) in [5.74, 6) is 0.460. The molecule has 5 heteroatoms. The number of hydrogen-bond acceptors (Lipinski definition) is 3. The highest BCUT2D eigenvalue weighted by molar-refractivity contribution is 9.10. The summed E-state index contributed by atoms with van der Waals surface area (Å²) in [6.07, 6.45) is 2.37. The second kappa shape index (κ2) is 9.37. The van der Waals surface area contributed by atoms with Gasteiger partial charge in [-0.1, -0.05) is 57.5 Å². The Morgan fingerprint density at radius 2 is 1.82 bits per heavy atom. The minimum absolute atomic E-state index is 0.119. The maximum atomic E-state index is 11.6. The van der Waals surface area contributed by atoms with Crippen molar-refractivity contribution in [2.75, 3.05) is 13.1 Å². The van der Waals surface area contributed by atoms with Crippen LogP contribution < -0.4 is 0 Å². The fraction of sp³-hybridized carbons (Fsp3) is 0.391. The van der Waals surface area contributed by atoms with Gasteiger partial charge in [0.1, 0.15) is 0 Å². The molecule has 0 bridgehead atoms. The van der Waals surface area contributed by atoms with Crippen LogP contribution in [-0.2, 0) is 4.79 Å². The summed E-state index contributed by atoms with van der Waals surface area (Å²) in [5.41, 5.74) is 4.53. The first kappa shape index (κ1) is 20.6. The minimum atomic E-state index is 0.119. The summed E-state index contributed by atoms with van der Waals surface area (Å²) in [7, 11) is 0. The van der Waals surface area contributed by atoms with Gasteiger partial charge in [0.05, 0.1) is 5.71 Å². The number of hydrogen-bond donors (Lipinski definition) is 1. The van der Waals surface area contributed by atoms with Gasteiger partial charge in [0, 0.05) is 42.7 Å². The molecule has 3 rings (SSSR count). The Bertz CT molecular complexity index is 840. The van der Waals surface area contributed by atoms with E-state index >= 15 is 0 Å². The van der Waals surface area contributed by atoms with Gasteiger partial charge in [0.25, 0.3) is 0 Å². The van der Waals surface area contributed by atoms with Crippen LogP contribution >= 0.6 is 15.9 Å². The summed E-state index contributed by atoms with van der Waals surface area (Å²) >= 11 is 3.51. The van der Waals surface area contributed by atoms with Crippen molar-refractivity contribution in [2.24, 2.45) is 11.1 Å². The highest BCUT2D eigenvalue weighted by Crippen LogP contribution is 2.34. The molecule has 0 aromatic heterocycles. The van der Waals surface area contributed by atoms with Gasteiger partial charge in [-0.2, -0.15) is 0 Å². The van der Waals surface area contributed by atoms with Crippen molar-refractivity contribution >= 4 is 27.5 Å². The third-order valence-corrected chi connectivity index (χ3v) is 6.32. The summed E-state index contributed by atoms with van der Waals surface area (Å²) in [6, 6.07) is 16.8. The van der Waals surface area contributed by atoms with E-state index in [4.69, 9.17) is 0 Å². The molecule has 1 aliphatic rings. The van der Waals surface area contributed by atoms with Gasteiger partial charge in [-0.25, -0.2) is 0 Å². The van der Waals surface area contributed by atoms with Crippen molar-refractivity contribution in [3.05, 3.63) is 69.7 Å². The van der Waals surface area contributed by atoms with Crippen molar-refractivity contribution in [3.8, 4) is 0 Å². The van der Waals surface area contributed by atoms with E-state index in [0.717, 1.165) is 36.1 Å². The number of likely N-dealkylation sites (tertiary alicyclic amines) is 1. The molecule has 1 amide bonds. The lowest BCUT2D eigenvalue weighted by molar-refractivity contribution is -0.129. The van der Waals surface area contributed by atoms with Crippen LogP contribution in [0.3, 0.4) is 0 Å². The second-order valence-electron chi connectivity index (χ2n) is 7.54. The summed E-state index contributed by atoms with van der Waals surface area (Å²) in [6.45, 7) is 5.20. The van der Waals surface area contributed by atoms with Gasteiger partial charge in [-0.15, -0.1) is 0 Å². The van der Waals surface area contributed by atoms with E-state index in [-0.39, 0.29) is 17.7 Å². The van der Waals surface area contributed by atoms with Gasteiger partial charge >= 0.3 is 0 Å². The molecule has 28 heavy (non-hydrogen) atoms. The molecular weight excluding hydrogens is 416 g/mol. The van der Waals surface area contributed by atoms with Gasteiger partial charge in [0.15, 0.2) is 0 Å². The minimum Gasteiger partial charge on any atom is -0.411 e. The Kier molecular flexibility index (Phi) is 6.89. The SMILES string of the molecule is CC(=O)N1CCC(/C(CC(c2ccc(Br)cc2)c2ccccc2C)=N/O)CC1. The number of carbonyl (C=O) groups is 1. The van der Waals surface area contributed by atoms with E-state index in [9.17, 15) is 10.0 Å². The maximum absolute atomic E-state index is 11.6. The fourth-order valence-electron chi connectivity index (χ4n) is 4.11. The third kappa shape index (κ3) is 4.82. The zero-order chi connectivity index (χ0) is 20.1. The van der Waals surface area contributed by atoms with Crippen molar-refractivity contribution in [1.82, 2.24) is 4.90 Å². The number of oxime groups is 1. The van der Waals surface area contributed by atoms with Crippen molar-refractivity contribution in [3.63, 3.8) is 0 Å². The lowest BCUT2D eigenvalue weighted by Gasteiger charge is -2.32. The van der Waals surface area contributed by atoms with Gasteiger partial charge in [-0.3, -0.25) is 4.79 Å². The predicted octanol–water partition coefficient (Wildman–Crippen LogP) is 5.37. The van der Waals surface area contributed by atoms with Crippen LogP contribution in [0.1, 0.15) is 48.8 Å². The average Bonchev–Trinajstić information content (AvgIpc) is 2.71. The summed E-state index contributed by atoms with van der Waals surface area (Å²) < 4.78 is 1.05. The second-order valence-corrected chi connectivity index (χ2v) is 8.45. The molecule has 1 heterocycles. The monoisotopic (exact) mass is 442 g/mol. The molecule has 0 aliphatic carbocycles. The first-order chi connectivity index (χ1) is 13.5. The number of carbonyl (C=O) groups excluding carboxylic acids is 1. The van der Waals surface area contributed by atoms with Crippen LogP contribution in [0.15, 0.2) is 58.2 Å². The molecule has 2 aromatic rings. The fourth-order valence-corrected chi connectivity index (χ4v) is 4.37. The van der Waals surface area contributed by atoms with Gasteiger partial charge in [0.2, 0.25) is 5.91 Å². The van der Waals surface area contributed by atoms with E-state index in [1.807, 2.05) is 4.90 Å². The lowest BCUT2D eigenvalue weighted by atomic mass is 9.80. The molecule has 0 radical (unpaired) electrons. The molecule has 2 aromatic carbocycles. The average molecular weight is 443 g/mol. The zero-order valence-electron chi connectivity index (χ0n) is 16.4. The van der Waals surface area contributed by atoms with Crippen LogP contribution in [0.25, 0.3) is 0 Å². The quantitative estimate of drug-likeness (QED) is 0.384. The molecule has 0 spiro atoms. The predicted molar refractivity (Wildman–Crippen MR) is 116 cm³/mol. The van der Waals surface area contributed by atoms with Crippen molar-refractivity contribution in [2.45, 2.75) is 39.0 Å². The molecular formula is C23H27BrN2O2. The number of aryl methyl sites for hydroxylation is 1. The highest BCUT2D eigenvalue weighted by Gasteiger charge is 2.28. The van der Waals surface area contributed by atoms with Crippen LogP contribution in [0.2, 0.25) is 0 Å². The smallest absolute Gasteiger partial charge is 0.219 e. The topological polar surface area (TPSA) is 52.9 Å². The van der Waals surface area contributed by atoms with Crippen LogP contribution in [0, 0.1) is 12.8 Å². The number of rotatable bonds is 5. The van der Waals surface area contributed by atoms with E-state index in [2.05, 4.69) is 76.5 Å². The lowest BCUT2D eigenvalue weighted by Crippen LogP contribution is -2.39. The molecule has 1 saturated heterocycles. The van der Waals surface area contributed by atoms with Crippen LogP contribution in [-0.4, -0.2) is 34.8 Å². The summed E-state index contributed by atoms with van der Waals surface area (Å²) in [5, 5.41) is 13.5. The Balaban J connectivity index is 1.85. The van der Waals surface area contributed by atoms with Gasteiger partial charge in [-0.05, 0) is 48.6 Å². The molecule has 1 atom stereocenters. The van der Waals surface area contributed by atoms with E-state index in [1.54, 1.807) is 6.92 Å². The zero-order valence-corrected chi connectivity index (χ0v) is 18.0. The third-order valence-electron chi connectivity index (χ3n) is 5.79.